The van der Waals surface area contributed by atoms with E-state index in [1.165, 1.54) is 29.7 Å². The first-order valence-electron chi connectivity index (χ1n) is 9.71. The van der Waals surface area contributed by atoms with Crippen molar-refractivity contribution in [1.29, 1.82) is 0 Å². The molecule has 154 valence electrons. The summed E-state index contributed by atoms with van der Waals surface area (Å²) in [4.78, 5) is 7.20. The van der Waals surface area contributed by atoms with Crippen LogP contribution in [0.15, 0.2) is 29.3 Å². The molecule has 0 bridgehead atoms. The molecule has 2 rings (SSSR count). The van der Waals surface area contributed by atoms with E-state index in [1.807, 2.05) is 11.8 Å². The highest BCUT2D eigenvalue weighted by molar-refractivity contribution is 14.0. The number of hydrogen-bond donors (Lipinski definition) is 2. The topological polar surface area (TPSA) is 48.9 Å². The third-order valence-corrected chi connectivity index (χ3v) is 5.03. The van der Waals surface area contributed by atoms with Gasteiger partial charge in [-0.1, -0.05) is 24.3 Å². The summed E-state index contributed by atoms with van der Waals surface area (Å²) in [6.45, 7) is 9.40. The molecule has 0 radical (unpaired) electrons. The van der Waals surface area contributed by atoms with Crippen LogP contribution in [0.3, 0.4) is 0 Å². The number of rotatable bonds is 10. The lowest BCUT2D eigenvalue weighted by Gasteiger charge is -2.26. The Kier molecular flexibility index (Phi) is 14.0. The Morgan fingerprint density at radius 2 is 1.96 bits per heavy atom. The second-order valence-electron chi connectivity index (χ2n) is 6.53. The summed E-state index contributed by atoms with van der Waals surface area (Å²) in [6, 6.07) is 8.79. The number of nitrogens with zero attached hydrogens (tertiary/aromatic N) is 2. The molecule has 0 amide bonds. The number of ether oxygens (including phenoxy) is 1. The van der Waals surface area contributed by atoms with Crippen LogP contribution in [-0.2, 0) is 17.8 Å². The third-order valence-electron chi connectivity index (χ3n) is 4.33. The molecule has 1 heterocycles. The number of unbranched alkanes of at least 4 members (excludes halogenated alkanes) is 1. The number of thioether (sulfide) groups is 1. The number of halogens is 1. The molecule has 1 aromatic rings. The van der Waals surface area contributed by atoms with Gasteiger partial charge < -0.3 is 15.4 Å². The molecule has 1 fully saturated rings. The SMILES string of the molecule is CCNC(=NCc1cccc(CN2CCOCC2)c1)NCCCCSC.I. The summed E-state index contributed by atoms with van der Waals surface area (Å²) in [5.41, 5.74) is 2.62. The van der Waals surface area contributed by atoms with Crippen molar-refractivity contribution in [1.82, 2.24) is 15.5 Å². The number of guanidine groups is 1. The van der Waals surface area contributed by atoms with Gasteiger partial charge in [0.15, 0.2) is 5.96 Å². The summed E-state index contributed by atoms with van der Waals surface area (Å²) in [5.74, 6) is 2.14. The van der Waals surface area contributed by atoms with Gasteiger partial charge in [-0.15, -0.1) is 24.0 Å². The van der Waals surface area contributed by atoms with Crippen molar-refractivity contribution in [3.8, 4) is 0 Å². The fourth-order valence-electron chi connectivity index (χ4n) is 2.93. The zero-order valence-corrected chi connectivity index (χ0v) is 19.9. The fraction of sp³-hybridized carbons (Fsp3) is 0.650. The molecule has 7 heteroatoms. The smallest absolute Gasteiger partial charge is 0.191 e. The van der Waals surface area contributed by atoms with E-state index in [-0.39, 0.29) is 24.0 Å². The lowest BCUT2D eigenvalue weighted by molar-refractivity contribution is 0.0342. The maximum atomic E-state index is 5.43. The van der Waals surface area contributed by atoms with Crippen LogP contribution in [0.1, 0.15) is 30.9 Å². The molecule has 1 aliphatic heterocycles. The Labute approximate surface area is 186 Å². The van der Waals surface area contributed by atoms with Gasteiger partial charge in [-0.3, -0.25) is 4.90 Å². The monoisotopic (exact) mass is 506 g/mol. The standard InChI is InChI=1S/C20H34N4OS.HI/c1-3-21-20(22-9-4-5-14-26-2)23-16-18-7-6-8-19(15-18)17-24-10-12-25-13-11-24;/h6-8,15H,3-5,9-14,16-17H2,1-2H3,(H2,21,22,23);1H. The summed E-state index contributed by atoms with van der Waals surface area (Å²) in [5, 5.41) is 6.77. The average Bonchev–Trinajstić information content (AvgIpc) is 2.67. The first-order chi connectivity index (χ1) is 12.8. The number of benzene rings is 1. The molecule has 1 aliphatic rings. The minimum atomic E-state index is 0. The minimum absolute atomic E-state index is 0. The summed E-state index contributed by atoms with van der Waals surface area (Å²) < 4.78 is 5.43. The third kappa shape index (κ3) is 10.6. The van der Waals surface area contributed by atoms with E-state index in [2.05, 4.69) is 53.0 Å². The van der Waals surface area contributed by atoms with Crippen LogP contribution in [0, 0.1) is 0 Å². The summed E-state index contributed by atoms with van der Waals surface area (Å²) in [7, 11) is 0. The molecular weight excluding hydrogens is 471 g/mol. The predicted molar refractivity (Wildman–Crippen MR) is 128 cm³/mol. The molecule has 0 aromatic heterocycles. The maximum Gasteiger partial charge on any atom is 0.191 e. The lowest BCUT2D eigenvalue weighted by atomic mass is 10.1. The summed E-state index contributed by atoms with van der Waals surface area (Å²) >= 11 is 1.91. The number of nitrogens with one attached hydrogen (secondary N) is 2. The van der Waals surface area contributed by atoms with Crippen LogP contribution >= 0.6 is 35.7 Å². The molecule has 0 atom stereocenters. The van der Waals surface area contributed by atoms with E-state index in [4.69, 9.17) is 9.73 Å². The van der Waals surface area contributed by atoms with E-state index >= 15 is 0 Å². The second kappa shape index (κ2) is 15.4. The zero-order valence-electron chi connectivity index (χ0n) is 16.7. The van der Waals surface area contributed by atoms with Crippen molar-refractivity contribution in [3.05, 3.63) is 35.4 Å². The van der Waals surface area contributed by atoms with Crippen molar-refractivity contribution in [2.24, 2.45) is 4.99 Å². The molecule has 0 unspecified atom stereocenters. The van der Waals surface area contributed by atoms with Crippen LogP contribution in [0.2, 0.25) is 0 Å². The van der Waals surface area contributed by atoms with Gasteiger partial charge in [0.2, 0.25) is 0 Å². The average molecular weight is 506 g/mol. The van der Waals surface area contributed by atoms with Crippen molar-refractivity contribution >= 4 is 41.7 Å². The highest BCUT2D eigenvalue weighted by Crippen LogP contribution is 2.11. The van der Waals surface area contributed by atoms with Gasteiger partial charge in [-0.2, -0.15) is 11.8 Å². The molecule has 2 N–H and O–H groups in total. The van der Waals surface area contributed by atoms with Gasteiger partial charge in [-0.05, 0) is 42.9 Å². The number of morpholine rings is 1. The van der Waals surface area contributed by atoms with Gasteiger partial charge in [0.05, 0.1) is 19.8 Å². The fourth-order valence-corrected chi connectivity index (χ4v) is 3.43. The molecule has 1 aromatic carbocycles. The first-order valence-corrected chi connectivity index (χ1v) is 11.1. The van der Waals surface area contributed by atoms with Gasteiger partial charge >= 0.3 is 0 Å². The van der Waals surface area contributed by atoms with Gasteiger partial charge in [0.1, 0.15) is 0 Å². The zero-order chi connectivity index (χ0) is 18.5. The van der Waals surface area contributed by atoms with Crippen molar-refractivity contribution < 1.29 is 4.74 Å². The summed E-state index contributed by atoms with van der Waals surface area (Å²) in [6.07, 6.45) is 4.59. The first kappa shape index (κ1) is 24.5. The molecule has 0 spiro atoms. The van der Waals surface area contributed by atoms with Crippen LogP contribution in [0.5, 0.6) is 0 Å². The second-order valence-corrected chi connectivity index (χ2v) is 7.52. The largest absolute Gasteiger partial charge is 0.379 e. The Morgan fingerprint density at radius 3 is 2.70 bits per heavy atom. The normalized spacial score (nSPS) is 15.3. The molecule has 1 saturated heterocycles. The van der Waals surface area contributed by atoms with E-state index in [1.54, 1.807) is 0 Å². The minimum Gasteiger partial charge on any atom is -0.379 e. The Bertz CT molecular complexity index is 538. The molecular formula is C20H35IN4OS. The Hall–Kier alpha value is -0.510. The van der Waals surface area contributed by atoms with E-state index in [9.17, 15) is 0 Å². The molecule has 0 aliphatic carbocycles. The van der Waals surface area contributed by atoms with Crippen molar-refractivity contribution in [3.63, 3.8) is 0 Å². The van der Waals surface area contributed by atoms with Crippen LogP contribution in [0.25, 0.3) is 0 Å². The molecule has 27 heavy (non-hydrogen) atoms. The van der Waals surface area contributed by atoms with Gasteiger partial charge in [-0.25, -0.2) is 4.99 Å². The van der Waals surface area contributed by atoms with Gasteiger partial charge in [0, 0.05) is 32.7 Å². The molecule has 0 saturated carbocycles. The van der Waals surface area contributed by atoms with E-state index < -0.39 is 0 Å². The van der Waals surface area contributed by atoms with Crippen molar-refractivity contribution in [2.45, 2.75) is 32.9 Å². The van der Waals surface area contributed by atoms with Crippen LogP contribution in [-0.4, -0.2) is 62.3 Å². The maximum absolute atomic E-state index is 5.43. The van der Waals surface area contributed by atoms with Crippen LogP contribution < -0.4 is 10.6 Å². The highest BCUT2D eigenvalue weighted by Gasteiger charge is 2.10. The Morgan fingerprint density at radius 1 is 1.19 bits per heavy atom. The number of hydrogen-bond acceptors (Lipinski definition) is 4. The lowest BCUT2D eigenvalue weighted by Crippen LogP contribution is -2.37. The predicted octanol–water partition coefficient (Wildman–Crippen LogP) is 3.34. The highest BCUT2D eigenvalue weighted by atomic mass is 127. The van der Waals surface area contributed by atoms with Crippen LogP contribution in [0.4, 0.5) is 0 Å². The van der Waals surface area contributed by atoms with E-state index in [0.717, 1.165) is 51.9 Å². The Balaban J connectivity index is 0.00000364. The van der Waals surface area contributed by atoms with Gasteiger partial charge in [0.25, 0.3) is 0 Å². The van der Waals surface area contributed by atoms with Crippen molar-refractivity contribution in [2.75, 3.05) is 51.4 Å². The van der Waals surface area contributed by atoms with E-state index in [0.29, 0.717) is 6.54 Å². The quantitative estimate of drug-likeness (QED) is 0.221. The number of aliphatic imine (C=N–C) groups is 1. The molecule has 5 nitrogen and oxygen atoms in total.